The highest BCUT2D eigenvalue weighted by Gasteiger charge is 2.05. The summed E-state index contributed by atoms with van der Waals surface area (Å²) < 4.78 is 30.1. The average Bonchev–Trinajstić information content (AvgIpc) is 3.58. The van der Waals surface area contributed by atoms with Gasteiger partial charge in [-0.1, -0.05) is 11.8 Å². The fourth-order valence-corrected chi connectivity index (χ4v) is 4.35. The van der Waals surface area contributed by atoms with E-state index >= 15 is 0 Å². The second-order valence-corrected chi connectivity index (χ2v) is 10.0. The SMILES string of the molecule is C#Cc1cccnc1.Cc1cc(C#Cc2cccnc2)nn1-c1ccc(F)cc1.Cc1cc(I)nn1-c1ccc(F)cc1. The highest BCUT2D eigenvalue weighted by molar-refractivity contribution is 14.1. The Kier molecular flexibility index (Phi) is 10.9. The fourth-order valence-electron chi connectivity index (χ4n) is 3.68. The molecule has 0 fully saturated rings. The van der Waals surface area contributed by atoms with Crippen LogP contribution in [0.25, 0.3) is 11.4 Å². The van der Waals surface area contributed by atoms with Gasteiger partial charge in [0, 0.05) is 47.3 Å². The van der Waals surface area contributed by atoms with Gasteiger partial charge in [0.05, 0.1) is 11.4 Å². The van der Waals surface area contributed by atoms with E-state index in [0.717, 1.165) is 37.6 Å². The number of pyridine rings is 2. The first-order chi connectivity index (χ1) is 20.8. The van der Waals surface area contributed by atoms with Crippen molar-refractivity contribution in [3.8, 4) is 35.6 Å². The first-order valence-electron chi connectivity index (χ1n) is 12.9. The molecule has 4 heterocycles. The molecule has 0 saturated carbocycles. The zero-order chi connectivity index (χ0) is 30.6. The highest BCUT2D eigenvalue weighted by Crippen LogP contribution is 2.14. The molecular formula is C34H25F2IN6. The van der Waals surface area contributed by atoms with Crippen molar-refractivity contribution < 1.29 is 8.78 Å². The van der Waals surface area contributed by atoms with Crippen LogP contribution in [0.15, 0.2) is 110 Å². The number of hydrogen-bond acceptors (Lipinski definition) is 4. The third-order valence-corrected chi connectivity index (χ3v) is 6.24. The summed E-state index contributed by atoms with van der Waals surface area (Å²) in [6, 6.07) is 23.8. The van der Waals surface area contributed by atoms with Gasteiger partial charge >= 0.3 is 0 Å². The minimum absolute atomic E-state index is 0.228. The van der Waals surface area contributed by atoms with Crippen molar-refractivity contribution in [3.05, 3.63) is 153 Å². The van der Waals surface area contributed by atoms with Crippen LogP contribution in [0.3, 0.4) is 0 Å². The molecule has 212 valence electrons. The zero-order valence-corrected chi connectivity index (χ0v) is 25.4. The van der Waals surface area contributed by atoms with E-state index in [0.29, 0.717) is 5.69 Å². The summed E-state index contributed by atoms with van der Waals surface area (Å²) in [6.45, 7) is 3.91. The maximum Gasteiger partial charge on any atom is 0.136 e. The molecule has 0 atom stereocenters. The molecule has 2 aromatic carbocycles. The largest absolute Gasteiger partial charge is 0.263 e. The summed E-state index contributed by atoms with van der Waals surface area (Å²) in [4.78, 5) is 7.82. The molecule has 0 aliphatic heterocycles. The Bertz CT molecular complexity index is 1860. The van der Waals surface area contributed by atoms with Crippen LogP contribution < -0.4 is 0 Å². The third kappa shape index (κ3) is 9.18. The number of halogens is 3. The van der Waals surface area contributed by atoms with Gasteiger partial charge in [0.2, 0.25) is 0 Å². The molecule has 0 aliphatic rings. The maximum atomic E-state index is 13.0. The van der Waals surface area contributed by atoms with E-state index in [-0.39, 0.29) is 11.6 Å². The molecular weight excluding hydrogens is 657 g/mol. The van der Waals surface area contributed by atoms with Crippen molar-refractivity contribution in [2.45, 2.75) is 13.8 Å². The van der Waals surface area contributed by atoms with Crippen LogP contribution in [0.2, 0.25) is 0 Å². The molecule has 0 saturated heterocycles. The number of aromatic nitrogens is 6. The molecule has 0 amide bonds. The molecule has 0 spiro atoms. The molecule has 43 heavy (non-hydrogen) atoms. The van der Waals surface area contributed by atoms with E-state index in [2.05, 4.69) is 60.5 Å². The van der Waals surface area contributed by atoms with E-state index in [1.807, 2.05) is 50.2 Å². The van der Waals surface area contributed by atoms with Gasteiger partial charge in [-0.2, -0.15) is 10.2 Å². The Morgan fingerprint density at radius 1 is 0.674 bits per heavy atom. The van der Waals surface area contributed by atoms with Crippen LogP contribution in [-0.4, -0.2) is 29.5 Å². The number of nitrogens with zero attached hydrogens (tertiary/aromatic N) is 6. The minimum atomic E-state index is -0.264. The summed E-state index contributed by atoms with van der Waals surface area (Å²) in [5.74, 6) is 7.99. The maximum absolute atomic E-state index is 13.0. The topological polar surface area (TPSA) is 61.4 Å². The Balaban J connectivity index is 0.000000165. The Morgan fingerprint density at radius 2 is 1.19 bits per heavy atom. The molecule has 0 N–H and O–H groups in total. The van der Waals surface area contributed by atoms with Crippen LogP contribution >= 0.6 is 22.6 Å². The summed E-state index contributed by atoms with van der Waals surface area (Å²) in [5, 5.41) is 8.72. The lowest BCUT2D eigenvalue weighted by Gasteiger charge is -2.02. The van der Waals surface area contributed by atoms with Crippen LogP contribution in [0, 0.1) is 53.4 Å². The normalized spacial score (nSPS) is 9.77. The molecule has 4 aromatic heterocycles. The molecule has 0 aliphatic carbocycles. The van der Waals surface area contributed by atoms with Crippen LogP contribution in [0.1, 0.15) is 28.2 Å². The summed E-state index contributed by atoms with van der Waals surface area (Å²) in [5.41, 5.74) is 6.01. The first kappa shape index (κ1) is 30.8. The number of hydrogen-bond donors (Lipinski definition) is 0. The summed E-state index contributed by atoms with van der Waals surface area (Å²) >= 11 is 2.15. The lowest BCUT2D eigenvalue weighted by molar-refractivity contribution is 0.626. The number of rotatable bonds is 2. The molecule has 0 radical (unpaired) electrons. The molecule has 6 nitrogen and oxygen atoms in total. The Morgan fingerprint density at radius 3 is 1.63 bits per heavy atom. The molecule has 0 unspecified atom stereocenters. The van der Waals surface area contributed by atoms with Crippen molar-refractivity contribution in [2.75, 3.05) is 0 Å². The number of terminal acetylenes is 1. The highest BCUT2D eigenvalue weighted by atomic mass is 127. The van der Waals surface area contributed by atoms with Gasteiger partial charge in [0.15, 0.2) is 0 Å². The first-order valence-corrected chi connectivity index (χ1v) is 14.0. The zero-order valence-electron chi connectivity index (χ0n) is 23.3. The monoisotopic (exact) mass is 682 g/mol. The fraction of sp³-hybridized carbons (Fsp3) is 0.0588. The predicted molar refractivity (Wildman–Crippen MR) is 172 cm³/mol. The van der Waals surface area contributed by atoms with Crippen molar-refractivity contribution in [3.63, 3.8) is 0 Å². The van der Waals surface area contributed by atoms with Crippen LogP contribution in [0.4, 0.5) is 8.78 Å². The molecule has 0 bridgehead atoms. The smallest absolute Gasteiger partial charge is 0.136 e. The van der Waals surface area contributed by atoms with Crippen LogP contribution in [0.5, 0.6) is 0 Å². The molecule has 6 aromatic rings. The van der Waals surface area contributed by atoms with Gasteiger partial charge in [0.1, 0.15) is 21.0 Å². The quantitative estimate of drug-likeness (QED) is 0.145. The average molecular weight is 683 g/mol. The van der Waals surface area contributed by atoms with Crippen LogP contribution in [-0.2, 0) is 0 Å². The minimum Gasteiger partial charge on any atom is -0.263 e. The van der Waals surface area contributed by atoms with Crippen molar-refractivity contribution >= 4 is 22.6 Å². The third-order valence-electron chi connectivity index (χ3n) is 5.71. The lowest BCUT2D eigenvalue weighted by Crippen LogP contribution is -1.98. The van der Waals surface area contributed by atoms with Gasteiger partial charge in [-0.15, -0.1) is 6.42 Å². The standard InChI is InChI=1S/C17H12FN3.C10H8FIN2.C7H5N/c1-13-11-16(7-4-14-3-2-10-19-12-14)20-21(13)17-8-5-15(18)6-9-17;1-7-6-10(12)13-14(7)9-4-2-8(11)3-5-9;1-2-7-4-3-5-8-6-7/h2-3,5-6,8-12H,1H3;2-6H,1H3;1,3-6H. The van der Waals surface area contributed by atoms with Gasteiger partial charge in [-0.3, -0.25) is 9.97 Å². The van der Waals surface area contributed by atoms with E-state index in [9.17, 15) is 8.78 Å². The van der Waals surface area contributed by atoms with Gasteiger partial charge < -0.3 is 0 Å². The second kappa shape index (κ2) is 15.2. The second-order valence-electron chi connectivity index (χ2n) is 8.93. The Labute approximate surface area is 262 Å². The van der Waals surface area contributed by atoms with E-state index in [1.165, 1.54) is 24.3 Å². The summed E-state index contributed by atoms with van der Waals surface area (Å²) in [6.07, 6.45) is 11.8. The lowest BCUT2D eigenvalue weighted by atomic mass is 10.3. The molecule has 9 heteroatoms. The van der Waals surface area contributed by atoms with Crippen molar-refractivity contribution in [2.24, 2.45) is 0 Å². The van der Waals surface area contributed by atoms with Gasteiger partial charge in [0.25, 0.3) is 0 Å². The van der Waals surface area contributed by atoms with Crippen molar-refractivity contribution in [1.29, 1.82) is 0 Å². The number of aryl methyl sites for hydroxylation is 2. The Hall–Kier alpha value is -5.13. The van der Waals surface area contributed by atoms with Gasteiger partial charge in [-0.05, 0) is 127 Å². The molecule has 6 rings (SSSR count). The van der Waals surface area contributed by atoms with E-state index in [1.54, 1.807) is 58.4 Å². The van der Waals surface area contributed by atoms with Gasteiger partial charge in [-0.25, -0.2) is 18.1 Å². The number of benzene rings is 2. The summed E-state index contributed by atoms with van der Waals surface area (Å²) in [7, 11) is 0. The van der Waals surface area contributed by atoms with E-state index in [4.69, 9.17) is 6.42 Å². The predicted octanol–water partition coefficient (Wildman–Crippen LogP) is 7.10. The van der Waals surface area contributed by atoms with Crippen molar-refractivity contribution in [1.82, 2.24) is 29.5 Å². The van der Waals surface area contributed by atoms with E-state index < -0.39 is 0 Å².